The van der Waals surface area contributed by atoms with Gasteiger partial charge >= 0.3 is 5.97 Å². The zero-order valence-corrected chi connectivity index (χ0v) is 17.1. The fraction of sp³-hybridized carbons (Fsp3) is 0.292. The number of carboxylic acid groups (broad SMARTS) is 1. The number of hydrogen-bond donors (Lipinski definition) is 1. The quantitative estimate of drug-likeness (QED) is 0.607. The third-order valence-corrected chi connectivity index (χ3v) is 5.24. The van der Waals surface area contributed by atoms with Gasteiger partial charge < -0.3 is 14.6 Å². The minimum atomic E-state index is -0.969. The second kappa shape index (κ2) is 8.53. The minimum Gasteiger partial charge on any atom is -0.493 e. The molecule has 0 saturated carbocycles. The molecule has 0 fully saturated rings. The highest BCUT2D eigenvalue weighted by atomic mass is 16.5. The summed E-state index contributed by atoms with van der Waals surface area (Å²) < 4.78 is 11.8. The molecule has 2 heterocycles. The number of carbonyl (C=O) groups is 1. The van der Waals surface area contributed by atoms with Crippen LogP contribution in [0.4, 0.5) is 0 Å². The molecule has 1 aromatic carbocycles. The van der Waals surface area contributed by atoms with Crippen molar-refractivity contribution < 1.29 is 19.4 Å². The zero-order valence-electron chi connectivity index (χ0n) is 17.1. The number of ether oxygens (including phenoxy) is 2. The SMILES string of the molecule is CCOc1c2c(nc(C)c1-c1ccc(Oc3ccc(C(=O)O)cc3)nc1)CCCC2. The second-order valence-electron chi connectivity index (χ2n) is 7.28. The van der Waals surface area contributed by atoms with Crippen LogP contribution in [0.15, 0.2) is 42.6 Å². The van der Waals surface area contributed by atoms with Gasteiger partial charge in [-0.15, -0.1) is 0 Å². The Balaban J connectivity index is 1.63. The van der Waals surface area contributed by atoms with E-state index in [-0.39, 0.29) is 5.56 Å². The number of hydrogen-bond acceptors (Lipinski definition) is 5. The number of carboxylic acids is 1. The van der Waals surface area contributed by atoms with Crippen molar-refractivity contribution >= 4 is 5.97 Å². The first-order chi connectivity index (χ1) is 14.6. The lowest BCUT2D eigenvalue weighted by atomic mass is 9.91. The van der Waals surface area contributed by atoms with Gasteiger partial charge in [0.1, 0.15) is 11.5 Å². The molecule has 3 aromatic rings. The molecule has 0 amide bonds. The van der Waals surface area contributed by atoms with Gasteiger partial charge in [0.05, 0.1) is 12.2 Å². The Morgan fingerprint density at radius 1 is 1.10 bits per heavy atom. The molecule has 6 heteroatoms. The molecule has 2 aromatic heterocycles. The van der Waals surface area contributed by atoms with Crippen LogP contribution in [-0.2, 0) is 12.8 Å². The summed E-state index contributed by atoms with van der Waals surface area (Å²) in [7, 11) is 0. The van der Waals surface area contributed by atoms with Crippen molar-refractivity contribution in [3.8, 4) is 28.5 Å². The van der Waals surface area contributed by atoms with E-state index in [9.17, 15) is 4.79 Å². The Kier molecular flexibility index (Phi) is 5.65. The van der Waals surface area contributed by atoms with E-state index in [1.807, 2.05) is 19.9 Å². The van der Waals surface area contributed by atoms with E-state index in [0.29, 0.717) is 18.2 Å². The van der Waals surface area contributed by atoms with Crippen LogP contribution in [0.3, 0.4) is 0 Å². The summed E-state index contributed by atoms with van der Waals surface area (Å²) in [6.07, 6.45) is 6.09. The van der Waals surface area contributed by atoms with Gasteiger partial charge in [0, 0.05) is 40.3 Å². The summed E-state index contributed by atoms with van der Waals surface area (Å²) >= 11 is 0. The largest absolute Gasteiger partial charge is 0.493 e. The molecule has 1 N–H and O–H groups in total. The van der Waals surface area contributed by atoms with Gasteiger partial charge in [-0.1, -0.05) is 0 Å². The van der Waals surface area contributed by atoms with Crippen LogP contribution in [0, 0.1) is 6.92 Å². The predicted molar refractivity (Wildman–Crippen MR) is 113 cm³/mol. The van der Waals surface area contributed by atoms with Crippen molar-refractivity contribution in [2.24, 2.45) is 0 Å². The number of aromatic carboxylic acids is 1. The van der Waals surface area contributed by atoms with E-state index in [1.165, 1.54) is 24.1 Å². The molecule has 0 atom stereocenters. The molecule has 4 rings (SSSR count). The standard InChI is InChI=1S/C24H24N2O4/c1-3-29-23-19-6-4-5-7-20(19)26-15(2)22(23)17-10-13-21(25-14-17)30-18-11-8-16(9-12-18)24(27)28/h8-14H,3-7H2,1-2H3,(H,27,28). The highest BCUT2D eigenvalue weighted by molar-refractivity contribution is 5.87. The van der Waals surface area contributed by atoms with Crippen LogP contribution in [0.25, 0.3) is 11.1 Å². The molecule has 0 spiro atoms. The fourth-order valence-electron chi connectivity index (χ4n) is 3.85. The van der Waals surface area contributed by atoms with Crippen molar-refractivity contribution in [1.29, 1.82) is 0 Å². The van der Waals surface area contributed by atoms with E-state index >= 15 is 0 Å². The van der Waals surface area contributed by atoms with Crippen molar-refractivity contribution in [3.05, 3.63) is 65.1 Å². The summed E-state index contributed by atoms with van der Waals surface area (Å²) in [6, 6.07) is 9.99. The van der Waals surface area contributed by atoms with Crippen molar-refractivity contribution in [2.45, 2.75) is 39.5 Å². The molecule has 1 aliphatic rings. The first-order valence-electron chi connectivity index (χ1n) is 10.2. The average Bonchev–Trinajstić information content (AvgIpc) is 2.75. The normalized spacial score (nSPS) is 12.9. The highest BCUT2D eigenvalue weighted by Gasteiger charge is 2.22. The molecular formula is C24H24N2O4. The summed E-state index contributed by atoms with van der Waals surface area (Å²) in [4.78, 5) is 20.3. The molecule has 1 aliphatic carbocycles. The van der Waals surface area contributed by atoms with Crippen LogP contribution in [0.2, 0.25) is 0 Å². The first-order valence-corrected chi connectivity index (χ1v) is 10.2. The summed E-state index contributed by atoms with van der Waals surface area (Å²) in [5.41, 5.74) is 5.46. The van der Waals surface area contributed by atoms with Crippen molar-refractivity contribution in [3.63, 3.8) is 0 Å². The fourth-order valence-corrected chi connectivity index (χ4v) is 3.85. The van der Waals surface area contributed by atoms with Crippen LogP contribution in [-0.4, -0.2) is 27.7 Å². The summed E-state index contributed by atoms with van der Waals surface area (Å²) in [6.45, 7) is 4.62. The lowest BCUT2D eigenvalue weighted by molar-refractivity contribution is 0.0697. The number of aromatic nitrogens is 2. The molecular weight excluding hydrogens is 380 g/mol. The zero-order chi connectivity index (χ0) is 21.1. The molecule has 6 nitrogen and oxygen atoms in total. The number of benzene rings is 1. The van der Waals surface area contributed by atoms with Gasteiger partial charge in [-0.2, -0.15) is 0 Å². The van der Waals surface area contributed by atoms with Gasteiger partial charge in [-0.05, 0) is 69.9 Å². The van der Waals surface area contributed by atoms with Crippen LogP contribution in [0.1, 0.15) is 47.1 Å². The maximum Gasteiger partial charge on any atom is 0.335 e. The van der Waals surface area contributed by atoms with E-state index in [1.54, 1.807) is 24.4 Å². The number of fused-ring (bicyclic) bond motifs is 1. The lowest BCUT2D eigenvalue weighted by Crippen LogP contribution is -2.11. The Morgan fingerprint density at radius 2 is 1.87 bits per heavy atom. The van der Waals surface area contributed by atoms with Gasteiger partial charge in [0.15, 0.2) is 0 Å². The van der Waals surface area contributed by atoms with E-state index in [2.05, 4.69) is 4.98 Å². The van der Waals surface area contributed by atoms with Crippen LogP contribution >= 0.6 is 0 Å². The Morgan fingerprint density at radius 3 is 2.53 bits per heavy atom. The topological polar surface area (TPSA) is 81.5 Å². The Bertz CT molecular complexity index is 1060. The Labute approximate surface area is 175 Å². The monoisotopic (exact) mass is 404 g/mol. The molecule has 0 unspecified atom stereocenters. The third kappa shape index (κ3) is 3.99. The lowest BCUT2D eigenvalue weighted by Gasteiger charge is -2.23. The van der Waals surface area contributed by atoms with E-state index in [0.717, 1.165) is 47.5 Å². The number of nitrogens with zero attached hydrogens (tertiary/aromatic N) is 2. The number of rotatable bonds is 6. The predicted octanol–water partition coefficient (Wildman–Crippen LogP) is 5.22. The van der Waals surface area contributed by atoms with Gasteiger partial charge in [0.25, 0.3) is 0 Å². The number of aryl methyl sites for hydroxylation is 2. The molecule has 0 saturated heterocycles. The van der Waals surface area contributed by atoms with E-state index < -0.39 is 5.97 Å². The molecule has 0 bridgehead atoms. The van der Waals surface area contributed by atoms with E-state index in [4.69, 9.17) is 19.6 Å². The number of pyridine rings is 2. The van der Waals surface area contributed by atoms with Crippen molar-refractivity contribution in [2.75, 3.05) is 6.61 Å². The molecule has 0 aliphatic heterocycles. The first kappa shape index (κ1) is 19.9. The average molecular weight is 404 g/mol. The summed E-state index contributed by atoms with van der Waals surface area (Å²) in [5, 5.41) is 8.99. The maximum absolute atomic E-state index is 11.0. The second-order valence-corrected chi connectivity index (χ2v) is 7.28. The van der Waals surface area contributed by atoms with Crippen LogP contribution < -0.4 is 9.47 Å². The molecule has 0 radical (unpaired) electrons. The van der Waals surface area contributed by atoms with Gasteiger partial charge in [0.2, 0.25) is 5.88 Å². The smallest absolute Gasteiger partial charge is 0.335 e. The highest BCUT2D eigenvalue weighted by Crippen LogP contribution is 2.39. The molecule has 154 valence electrons. The van der Waals surface area contributed by atoms with Gasteiger partial charge in [-0.25, -0.2) is 9.78 Å². The third-order valence-electron chi connectivity index (χ3n) is 5.24. The Hall–Kier alpha value is -3.41. The molecule has 30 heavy (non-hydrogen) atoms. The summed E-state index contributed by atoms with van der Waals surface area (Å²) in [5.74, 6) is 0.924. The minimum absolute atomic E-state index is 0.212. The maximum atomic E-state index is 11.0. The van der Waals surface area contributed by atoms with Crippen LogP contribution in [0.5, 0.6) is 17.4 Å². The van der Waals surface area contributed by atoms with Gasteiger partial charge in [-0.3, -0.25) is 4.98 Å². The van der Waals surface area contributed by atoms with Crippen molar-refractivity contribution in [1.82, 2.24) is 9.97 Å².